The lowest BCUT2D eigenvalue weighted by molar-refractivity contribution is 0.311. The van der Waals surface area contributed by atoms with E-state index >= 15 is 0 Å². The van der Waals surface area contributed by atoms with E-state index in [1.54, 1.807) is 11.3 Å². The fraction of sp³-hybridized carbons (Fsp3) is 0.467. The zero-order chi connectivity index (χ0) is 14.4. The van der Waals surface area contributed by atoms with Crippen LogP contribution in [-0.2, 0) is 19.6 Å². The number of rotatable bonds is 7. The van der Waals surface area contributed by atoms with Crippen molar-refractivity contribution in [1.29, 1.82) is 0 Å². The molecule has 5 heteroatoms. The van der Waals surface area contributed by atoms with Crippen LogP contribution in [0.2, 0.25) is 0 Å². The van der Waals surface area contributed by atoms with Gasteiger partial charge in [0, 0.05) is 37.3 Å². The van der Waals surface area contributed by atoms with Crippen LogP contribution < -0.4 is 5.32 Å². The van der Waals surface area contributed by atoms with Crippen molar-refractivity contribution in [2.24, 2.45) is 0 Å². The van der Waals surface area contributed by atoms with Crippen LogP contribution in [0.5, 0.6) is 0 Å². The fourth-order valence-electron chi connectivity index (χ4n) is 1.89. The van der Waals surface area contributed by atoms with Crippen LogP contribution in [0.25, 0.3) is 0 Å². The molecule has 0 bridgehead atoms. The summed E-state index contributed by atoms with van der Waals surface area (Å²) in [6, 6.07) is 6.51. The fourth-order valence-corrected chi connectivity index (χ4v) is 2.63. The topological polar surface area (TPSA) is 41.1 Å². The molecule has 0 unspecified atom stereocenters. The molecule has 2 aromatic rings. The van der Waals surface area contributed by atoms with Gasteiger partial charge in [0.2, 0.25) is 0 Å². The highest BCUT2D eigenvalue weighted by Gasteiger charge is 2.07. The molecule has 2 heterocycles. The Balaban J connectivity index is 1.83. The number of nitrogens with zero attached hydrogens (tertiary/aromatic N) is 3. The highest BCUT2D eigenvalue weighted by Crippen LogP contribution is 2.12. The number of aromatic nitrogens is 2. The van der Waals surface area contributed by atoms with Gasteiger partial charge in [-0.3, -0.25) is 9.88 Å². The molecular weight excluding hydrogens is 268 g/mol. The maximum absolute atomic E-state index is 4.66. The molecule has 20 heavy (non-hydrogen) atoms. The second-order valence-corrected chi connectivity index (χ2v) is 6.20. The molecule has 108 valence electrons. The highest BCUT2D eigenvalue weighted by atomic mass is 32.1. The minimum absolute atomic E-state index is 0.495. The molecule has 1 N–H and O–H groups in total. The van der Waals surface area contributed by atoms with Crippen molar-refractivity contribution in [2.75, 3.05) is 7.05 Å². The van der Waals surface area contributed by atoms with Gasteiger partial charge in [0.25, 0.3) is 0 Å². The van der Waals surface area contributed by atoms with Crippen molar-refractivity contribution >= 4 is 11.3 Å². The molecule has 0 saturated heterocycles. The lowest BCUT2D eigenvalue weighted by Crippen LogP contribution is -2.22. The van der Waals surface area contributed by atoms with E-state index < -0.39 is 0 Å². The average Bonchev–Trinajstić information content (AvgIpc) is 2.85. The molecule has 0 aliphatic rings. The third-order valence-corrected chi connectivity index (χ3v) is 3.75. The van der Waals surface area contributed by atoms with Gasteiger partial charge in [-0.15, -0.1) is 11.3 Å². The summed E-state index contributed by atoms with van der Waals surface area (Å²) in [4.78, 5) is 11.2. The predicted octanol–water partition coefficient (Wildman–Crippen LogP) is 2.67. The van der Waals surface area contributed by atoms with Crippen LogP contribution in [0.1, 0.15) is 30.2 Å². The van der Waals surface area contributed by atoms with E-state index in [1.807, 2.05) is 18.3 Å². The predicted molar refractivity (Wildman–Crippen MR) is 83.5 cm³/mol. The maximum Gasteiger partial charge on any atom is 0.107 e. The smallest absolute Gasteiger partial charge is 0.107 e. The van der Waals surface area contributed by atoms with E-state index in [2.05, 4.69) is 52.5 Å². The van der Waals surface area contributed by atoms with Gasteiger partial charge in [0.15, 0.2) is 0 Å². The summed E-state index contributed by atoms with van der Waals surface area (Å²) in [6.45, 7) is 6.85. The molecule has 2 rings (SSSR count). The van der Waals surface area contributed by atoms with Gasteiger partial charge in [-0.1, -0.05) is 19.9 Å². The Kier molecular flexibility index (Phi) is 5.64. The van der Waals surface area contributed by atoms with Crippen molar-refractivity contribution in [3.8, 4) is 0 Å². The van der Waals surface area contributed by atoms with Crippen molar-refractivity contribution in [1.82, 2.24) is 20.2 Å². The molecule has 0 spiro atoms. The molecule has 4 nitrogen and oxygen atoms in total. The van der Waals surface area contributed by atoms with Crippen LogP contribution in [0.4, 0.5) is 0 Å². The molecule has 0 aliphatic carbocycles. The summed E-state index contributed by atoms with van der Waals surface area (Å²) in [6.07, 6.45) is 1.84. The summed E-state index contributed by atoms with van der Waals surface area (Å²) in [5.41, 5.74) is 2.22. The summed E-state index contributed by atoms with van der Waals surface area (Å²) >= 11 is 1.72. The minimum Gasteiger partial charge on any atom is -0.308 e. The Morgan fingerprint density at radius 3 is 2.75 bits per heavy atom. The first-order valence-electron chi connectivity index (χ1n) is 6.88. The largest absolute Gasteiger partial charge is 0.308 e. The highest BCUT2D eigenvalue weighted by molar-refractivity contribution is 7.09. The van der Waals surface area contributed by atoms with E-state index in [1.165, 1.54) is 0 Å². The minimum atomic E-state index is 0.495. The Morgan fingerprint density at radius 2 is 2.05 bits per heavy atom. The van der Waals surface area contributed by atoms with Gasteiger partial charge in [0.05, 0.1) is 11.4 Å². The monoisotopic (exact) mass is 290 g/mol. The van der Waals surface area contributed by atoms with Gasteiger partial charge in [-0.25, -0.2) is 4.98 Å². The standard InChI is InChI=1S/C15H22N4S/c1-12(2)17-8-15-18-14(11-20-15)10-19(3)9-13-6-4-5-7-16-13/h4-7,11-12,17H,8-10H2,1-3H3. The van der Waals surface area contributed by atoms with Gasteiger partial charge in [0.1, 0.15) is 5.01 Å². The second-order valence-electron chi connectivity index (χ2n) is 5.26. The third-order valence-electron chi connectivity index (χ3n) is 2.85. The molecule has 0 saturated carbocycles. The van der Waals surface area contributed by atoms with E-state index in [9.17, 15) is 0 Å². The molecule has 0 aromatic carbocycles. The Bertz CT molecular complexity index is 510. The Morgan fingerprint density at radius 1 is 1.25 bits per heavy atom. The van der Waals surface area contributed by atoms with Gasteiger partial charge in [-0.2, -0.15) is 0 Å². The van der Waals surface area contributed by atoms with Crippen LogP contribution in [0, 0.1) is 0 Å². The molecule has 0 aliphatic heterocycles. The quantitative estimate of drug-likeness (QED) is 0.851. The molecule has 0 fully saturated rings. The number of hydrogen-bond donors (Lipinski definition) is 1. The summed E-state index contributed by atoms with van der Waals surface area (Å²) < 4.78 is 0. The number of hydrogen-bond acceptors (Lipinski definition) is 5. The summed E-state index contributed by atoms with van der Waals surface area (Å²) in [5.74, 6) is 0. The zero-order valence-corrected chi connectivity index (χ0v) is 13.2. The van der Waals surface area contributed by atoms with E-state index in [0.29, 0.717) is 6.04 Å². The van der Waals surface area contributed by atoms with Crippen LogP contribution in [0.3, 0.4) is 0 Å². The van der Waals surface area contributed by atoms with E-state index in [4.69, 9.17) is 0 Å². The second kappa shape index (κ2) is 7.47. The average molecular weight is 290 g/mol. The number of thiazole rings is 1. The first kappa shape index (κ1) is 15.1. The number of nitrogens with one attached hydrogen (secondary N) is 1. The van der Waals surface area contributed by atoms with E-state index in [-0.39, 0.29) is 0 Å². The molecule has 2 aromatic heterocycles. The van der Waals surface area contributed by atoms with Crippen LogP contribution in [-0.4, -0.2) is 28.0 Å². The van der Waals surface area contributed by atoms with Crippen molar-refractivity contribution < 1.29 is 0 Å². The first-order valence-corrected chi connectivity index (χ1v) is 7.76. The lowest BCUT2D eigenvalue weighted by atomic mass is 10.3. The van der Waals surface area contributed by atoms with Gasteiger partial charge < -0.3 is 5.32 Å². The Labute approximate surface area is 124 Å². The van der Waals surface area contributed by atoms with E-state index in [0.717, 1.165) is 36.0 Å². The third kappa shape index (κ3) is 5.00. The van der Waals surface area contributed by atoms with Gasteiger partial charge in [-0.05, 0) is 19.2 Å². The van der Waals surface area contributed by atoms with Gasteiger partial charge >= 0.3 is 0 Å². The molecule has 0 atom stereocenters. The summed E-state index contributed by atoms with van der Waals surface area (Å²) in [5, 5.41) is 6.69. The molecular formula is C15H22N4S. The zero-order valence-electron chi connectivity index (χ0n) is 12.3. The Hall–Kier alpha value is -1.30. The molecule has 0 amide bonds. The summed E-state index contributed by atoms with van der Waals surface area (Å²) in [7, 11) is 2.10. The van der Waals surface area contributed by atoms with Crippen LogP contribution >= 0.6 is 11.3 Å². The van der Waals surface area contributed by atoms with Crippen molar-refractivity contribution in [2.45, 2.75) is 39.5 Å². The van der Waals surface area contributed by atoms with Crippen LogP contribution in [0.15, 0.2) is 29.8 Å². The number of pyridine rings is 1. The maximum atomic E-state index is 4.66. The lowest BCUT2D eigenvalue weighted by Gasteiger charge is -2.14. The first-order chi connectivity index (χ1) is 9.63. The normalized spacial score (nSPS) is 11.4. The van der Waals surface area contributed by atoms with Crippen molar-refractivity contribution in [3.05, 3.63) is 46.2 Å². The molecule has 0 radical (unpaired) electrons. The van der Waals surface area contributed by atoms with Crippen molar-refractivity contribution in [3.63, 3.8) is 0 Å². The SMILES string of the molecule is CC(C)NCc1nc(CN(C)Cc2ccccn2)cs1.